The Morgan fingerprint density at radius 1 is 1.13 bits per heavy atom. The first-order chi connectivity index (χ1) is 14.9. The highest BCUT2D eigenvalue weighted by Gasteiger charge is 2.18. The van der Waals surface area contributed by atoms with E-state index in [1.54, 1.807) is 48.5 Å². The second-order valence-corrected chi connectivity index (χ2v) is 7.46. The van der Waals surface area contributed by atoms with Gasteiger partial charge in [0.1, 0.15) is 11.3 Å². The van der Waals surface area contributed by atoms with Crippen LogP contribution in [0.2, 0.25) is 5.02 Å². The number of hydrogen-bond acceptors (Lipinski definition) is 4. The predicted octanol–water partition coefficient (Wildman–Crippen LogP) is 3.39. The van der Waals surface area contributed by atoms with E-state index in [4.69, 9.17) is 16.3 Å². The number of aromatic nitrogens is 2. The van der Waals surface area contributed by atoms with Gasteiger partial charge in [-0.15, -0.1) is 0 Å². The highest BCUT2D eigenvalue weighted by molar-refractivity contribution is 6.30. The smallest absolute Gasteiger partial charge is 0.335 e. The van der Waals surface area contributed by atoms with Crippen molar-refractivity contribution in [1.29, 1.82) is 0 Å². The normalized spacial score (nSPS) is 10.7. The summed E-state index contributed by atoms with van der Waals surface area (Å²) in [4.78, 5) is 39.0. The molecule has 3 aromatic rings. The van der Waals surface area contributed by atoms with Crippen molar-refractivity contribution in [3.05, 3.63) is 91.7 Å². The first-order valence-corrected chi connectivity index (χ1v) is 10.4. The van der Waals surface area contributed by atoms with Gasteiger partial charge in [-0.25, -0.2) is 9.36 Å². The van der Waals surface area contributed by atoms with Crippen molar-refractivity contribution in [2.24, 2.45) is 0 Å². The number of nitrogens with zero attached hydrogens (tertiary/aromatic N) is 2. The first-order valence-electron chi connectivity index (χ1n) is 9.98. The molecule has 7 nitrogen and oxygen atoms in total. The zero-order chi connectivity index (χ0) is 22.4. The van der Waals surface area contributed by atoms with Crippen LogP contribution in [-0.2, 0) is 13.1 Å². The van der Waals surface area contributed by atoms with Crippen molar-refractivity contribution in [1.82, 2.24) is 14.5 Å². The Labute approximate surface area is 184 Å². The average Bonchev–Trinajstić information content (AvgIpc) is 2.78. The van der Waals surface area contributed by atoms with Crippen LogP contribution < -0.4 is 21.3 Å². The minimum Gasteiger partial charge on any atom is -0.497 e. The SMILES string of the molecule is CCCCn1cc(C(=O)NCc2ccc(Cl)cc2)c(=O)n(-c2cccc(OC)c2)c1=O. The Bertz CT molecular complexity index is 1180. The van der Waals surface area contributed by atoms with Crippen LogP contribution in [0.5, 0.6) is 5.75 Å². The number of benzene rings is 2. The molecule has 1 amide bonds. The lowest BCUT2D eigenvalue weighted by Crippen LogP contribution is -2.43. The molecule has 2 aromatic carbocycles. The van der Waals surface area contributed by atoms with Gasteiger partial charge in [0, 0.05) is 30.4 Å². The Hall–Kier alpha value is -3.32. The maximum Gasteiger partial charge on any atom is 0.335 e. The number of carbonyl (C=O) groups is 1. The van der Waals surface area contributed by atoms with E-state index in [1.165, 1.54) is 17.9 Å². The summed E-state index contributed by atoms with van der Waals surface area (Å²) >= 11 is 5.89. The van der Waals surface area contributed by atoms with Crippen molar-refractivity contribution in [2.45, 2.75) is 32.9 Å². The first kappa shape index (κ1) is 22.4. The second-order valence-electron chi connectivity index (χ2n) is 7.02. The van der Waals surface area contributed by atoms with E-state index in [0.717, 1.165) is 23.0 Å². The topological polar surface area (TPSA) is 82.3 Å². The predicted molar refractivity (Wildman–Crippen MR) is 120 cm³/mol. The van der Waals surface area contributed by atoms with Gasteiger partial charge in [-0.3, -0.25) is 14.2 Å². The molecule has 31 heavy (non-hydrogen) atoms. The summed E-state index contributed by atoms with van der Waals surface area (Å²) in [5.41, 5.74) is -0.106. The number of unbranched alkanes of at least 4 members (excludes halogenated alkanes) is 1. The summed E-state index contributed by atoms with van der Waals surface area (Å²) in [6.07, 6.45) is 2.94. The lowest BCUT2D eigenvalue weighted by atomic mass is 10.2. The summed E-state index contributed by atoms with van der Waals surface area (Å²) in [5.74, 6) is -0.0525. The van der Waals surface area contributed by atoms with E-state index in [-0.39, 0.29) is 12.1 Å². The molecular weight excluding hydrogens is 418 g/mol. The fourth-order valence-electron chi connectivity index (χ4n) is 3.10. The lowest BCUT2D eigenvalue weighted by Gasteiger charge is -2.14. The fourth-order valence-corrected chi connectivity index (χ4v) is 3.23. The summed E-state index contributed by atoms with van der Waals surface area (Å²) < 4.78 is 7.63. The molecule has 1 N–H and O–H groups in total. The van der Waals surface area contributed by atoms with E-state index in [2.05, 4.69) is 5.32 Å². The van der Waals surface area contributed by atoms with Crippen molar-refractivity contribution in [3.8, 4) is 11.4 Å². The van der Waals surface area contributed by atoms with Crippen LogP contribution in [0.4, 0.5) is 0 Å². The molecule has 0 aliphatic rings. The number of methoxy groups -OCH3 is 1. The van der Waals surface area contributed by atoms with Crippen LogP contribution in [-0.4, -0.2) is 22.2 Å². The van der Waals surface area contributed by atoms with Crippen molar-refractivity contribution < 1.29 is 9.53 Å². The number of amides is 1. The summed E-state index contributed by atoms with van der Waals surface area (Å²) in [5, 5.41) is 3.34. The summed E-state index contributed by atoms with van der Waals surface area (Å²) in [6.45, 7) is 2.63. The number of halogens is 1. The molecule has 0 radical (unpaired) electrons. The highest BCUT2D eigenvalue weighted by Crippen LogP contribution is 2.14. The molecule has 1 heterocycles. The molecule has 3 rings (SSSR count). The molecule has 0 spiro atoms. The van der Waals surface area contributed by atoms with Crippen LogP contribution in [0.15, 0.2) is 64.3 Å². The van der Waals surface area contributed by atoms with Crippen LogP contribution in [0.1, 0.15) is 35.7 Å². The number of aryl methyl sites for hydroxylation is 1. The monoisotopic (exact) mass is 441 g/mol. The number of hydrogen-bond donors (Lipinski definition) is 1. The molecule has 0 atom stereocenters. The Kier molecular flexibility index (Phi) is 7.31. The van der Waals surface area contributed by atoms with Gasteiger partial charge < -0.3 is 10.1 Å². The Morgan fingerprint density at radius 2 is 1.87 bits per heavy atom. The molecular formula is C23H24ClN3O4. The van der Waals surface area contributed by atoms with Crippen molar-refractivity contribution in [2.75, 3.05) is 7.11 Å². The van der Waals surface area contributed by atoms with E-state index < -0.39 is 17.2 Å². The second kappa shape index (κ2) is 10.1. The van der Waals surface area contributed by atoms with Gasteiger partial charge in [0.15, 0.2) is 0 Å². The van der Waals surface area contributed by atoms with Gasteiger partial charge in [0.25, 0.3) is 11.5 Å². The van der Waals surface area contributed by atoms with Crippen LogP contribution in [0, 0.1) is 0 Å². The van der Waals surface area contributed by atoms with Gasteiger partial charge in [-0.1, -0.05) is 43.1 Å². The average molecular weight is 442 g/mol. The molecule has 0 bridgehead atoms. The Balaban J connectivity index is 2.02. The molecule has 0 fully saturated rings. The zero-order valence-corrected chi connectivity index (χ0v) is 18.2. The van der Waals surface area contributed by atoms with E-state index in [1.807, 2.05) is 6.92 Å². The fraction of sp³-hybridized carbons (Fsp3) is 0.261. The summed E-state index contributed by atoms with van der Waals surface area (Å²) in [7, 11) is 1.50. The van der Waals surface area contributed by atoms with Gasteiger partial charge in [0.05, 0.1) is 12.8 Å². The maximum absolute atomic E-state index is 13.1. The van der Waals surface area contributed by atoms with Crippen molar-refractivity contribution >= 4 is 17.5 Å². The molecule has 0 unspecified atom stereocenters. The lowest BCUT2D eigenvalue weighted by molar-refractivity contribution is 0.0948. The van der Waals surface area contributed by atoms with E-state index in [9.17, 15) is 14.4 Å². The molecule has 0 aliphatic carbocycles. The molecule has 0 saturated heterocycles. The van der Waals surface area contributed by atoms with Crippen LogP contribution in [0.3, 0.4) is 0 Å². The third kappa shape index (κ3) is 5.24. The minimum absolute atomic E-state index is 0.104. The number of nitrogens with one attached hydrogen (secondary N) is 1. The van der Waals surface area contributed by atoms with Crippen molar-refractivity contribution in [3.63, 3.8) is 0 Å². The van der Waals surface area contributed by atoms with E-state index >= 15 is 0 Å². The molecule has 0 saturated carbocycles. The van der Waals surface area contributed by atoms with Gasteiger partial charge >= 0.3 is 5.69 Å². The molecule has 0 aliphatic heterocycles. The summed E-state index contributed by atoms with van der Waals surface area (Å²) in [6, 6.07) is 13.6. The third-order valence-electron chi connectivity index (χ3n) is 4.83. The van der Waals surface area contributed by atoms with Gasteiger partial charge in [-0.05, 0) is 36.2 Å². The number of rotatable bonds is 8. The molecule has 8 heteroatoms. The molecule has 1 aromatic heterocycles. The number of ether oxygens (including phenoxy) is 1. The third-order valence-corrected chi connectivity index (χ3v) is 5.08. The van der Waals surface area contributed by atoms with Gasteiger partial charge in [-0.2, -0.15) is 0 Å². The maximum atomic E-state index is 13.1. The largest absolute Gasteiger partial charge is 0.497 e. The van der Waals surface area contributed by atoms with Gasteiger partial charge in [0.2, 0.25) is 0 Å². The van der Waals surface area contributed by atoms with Crippen LogP contribution >= 0.6 is 11.6 Å². The van der Waals surface area contributed by atoms with Crippen LogP contribution in [0.25, 0.3) is 5.69 Å². The number of carbonyl (C=O) groups excluding carboxylic acids is 1. The highest BCUT2D eigenvalue weighted by atomic mass is 35.5. The quantitative estimate of drug-likeness (QED) is 0.581. The molecule has 162 valence electrons. The van der Waals surface area contributed by atoms with E-state index in [0.29, 0.717) is 23.0 Å². The Morgan fingerprint density at radius 3 is 2.55 bits per heavy atom. The zero-order valence-electron chi connectivity index (χ0n) is 17.4. The minimum atomic E-state index is -0.681. The standard InChI is InChI=1S/C23H24ClN3O4/c1-3-4-12-26-15-20(21(28)25-14-16-8-10-17(24)11-9-16)22(29)27(23(26)30)18-6-5-7-19(13-18)31-2/h5-11,13,15H,3-4,12,14H2,1-2H3,(H,25,28).